The number of methoxy groups -OCH3 is 2. The fourth-order valence-electron chi connectivity index (χ4n) is 5.00. The van der Waals surface area contributed by atoms with Crippen molar-refractivity contribution in [1.29, 1.82) is 0 Å². The number of benzene rings is 2. The maximum absolute atomic E-state index is 13.7. The second-order valence-corrected chi connectivity index (χ2v) is 15.0. The zero-order valence-electron chi connectivity index (χ0n) is 29.9. The first-order valence-corrected chi connectivity index (χ1v) is 16.8. The average Bonchev–Trinajstić information content (AvgIpc) is 3.21. The average molecular weight is 795 g/mol. The number of likely N-dealkylation sites (N-methyl/N-ethyl adjacent to an activating group) is 1. The zero-order chi connectivity index (χ0) is 37.1. The number of nitrogens with one attached hydrogen (secondary N) is 2. The quantitative estimate of drug-likeness (QED) is 0.213. The van der Waals surface area contributed by atoms with Crippen molar-refractivity contribution >= 4 is 59.0 Å². The number of hydrogen-bond donors (Lipinski definition) is 3. The van der Waals surface area contributed by atoms with Crippen LogP contribution in [0.5, 0.6) is 11.5 Å². The topological polar surface area (TPSA) is 162 Å². The second-order valence-electron chi connectivity index (χ2n) is 13.9. The van der Waals surface area contributed by atoms with Gasteiger partial charge >= 0.3 is 19.2 Å². The molecule has 3 rings (SSSR count). The molecule has 0 aliphatic carbocycles. The number of halogens is 1. The summed E-state index contributed by atoms with van der Waals surface area (Å²) in [5, 5.41) is 15.2. The van der Waals surface area contributed by atoms with Gasteiger partial charge in [-0.3, -0.25) is 14.5 Å². The fourth-order valence-corrected chi connectivity index (χ4v) is 5.76. The van der Waals surface area contributed by atoms with E-state index >= 15 is 0 Å². The molecule has 0 spiro atoms. The van der Waals surface area contributed by atoms with Crippen molar-refractivity contribution in [2.24, 2.45) is 0 Å². The maximum atomic E-state index is 13.7. The van der Waals surface area contributed by atoms with Gasteiger partial charge in [-0.15, -0.1) is 0 Å². The summed E-state index contributed by atoms with van der Waals surface area (Å²) in [7, 11) is 3.71. The van der Waals surface area contributed by atoms with Gasteiger partial charge < -0.3 is 39.3 Å². The summed E-state index contributed by atoms with van der Waals surface area (Å²) >= 11 is 2.06. The minimum atomic E-state index is -1.34. The maximum Gasteiger partial charge on any atom is 0.498 e. The number of aliphatic carboxylic acids is 1. The van der Waals surface area contributed by atoms with E-state index in [1.165, 1.54) is 28.2 Å². The molecule has 3 atom stereocenters. The first kappa shape index (κ1) is 39.9. The van der Waals surface area contributed by atoms with Crippen molar-refractivity contribution in [3.63, 3.8) is 0 Å². The molecule has 0 aromatic heterocycles. The van der Waals surface area contributed by atoms with Crippen LogP contribution in [0.4, 0.5) is 4.79 Å². The van der Waals surface area contributed by atoms with Crippen molar-refractivity contribution in [3.8, 4) is 11.5 Å². The van der Waals surface area contributed by atoms with Gasteiger partial charge in [-0.25, -0.2) is 9.59 Å². The number of carbonyl (C=O) groups excluding carboxylic acids is 3. The Balaban J connectivity index is 1.81. The van der Waals surface area contributed by atoms with E-state index in [1.807, 2.05) is 27.7 Å². The molecule has 2 aromatic carbocycles. The summed E-state index contributed by atoms with van der Waals surface area (Å²) in [6.07, 6.45) is -0.826. The van der Waals surface area contributed by atoms with E-state index in [-0.39, 0.29) is 6.42 Å². The van der Waals surface area contributed by atoms with Gasteiger partial charge in [0, 0.05) is 18.9 Å². The molecule has 1 aliphatic rings. The lowest BCUT2D eigenvalue weighted by molar-refractivity contribution is -0.142. The molecular formula is C34H47BIN3O10. The van der Waals surface area contributed by atoms with E-state index in [4.69, 9.17) is 23.5 Å². The Bertz CT molecular complexity index is 1550. The molecule has 268 valence electrons. The summed E-state index contributed by atoms with van der Waals surface area (Å²) in [5.74, 6) is -1.59. The van der Waals surface area contributed by atoms with Gasteiger partial charge in [0.1, 0.15) is 35.2 Å². The molecule has 13 nitrogen and oxygen atoms in total. The zero-order valence-corrected chi connectivity index (χ0v) is 32.1. The van der Waals surface area contributed by atoms with E-state index < -0.39 is 65.9 Å². The number of ether oxygens (including phenoxy) is 3. The van der Waals surface area contributed by atoms with E-state index in [9.17, 15) is 24.3 Å². The highest BCUT2D eigenvalue weighted by Gasteiger charge is 2.52. The highest BCUT2D eigenvalue weighted by atomic mass is 127. The van der Waals surface area contributed by atoms with Crippen LogP contribution in [0.25, 0.3) is 0 Å². The van der Waals surface area contributed by atoms with Crippen LogP contribution in [-0.4, -0.2) is 91.2 Å². The Morgan fingerprint density at radius 3 is 2.02 bits per heavy atom. The molecule has 15 heteroatoms. The number of carboxylic acids is 1. The number of hydrogen-bond acceptors (Lipinski definition) is 9. The third-order valence-electron chi connectivity index (χ3n) is 8.42. The van der Waals surface area contributed by atoms with Crippen LogP contribution in [0, 0.1) is 3.57 Å². The van der Waals surface area contributed by atoms with Crippen LogP contribution in [0.2, 0.25) is 0 Å². The second kappa shape index (κ2) is 15.5. The lowest BCUT2D eigenvalue weighted by Gasteiger charge is -2.32. The van der Waals surface area contributed by atoms with Gasteiger partial charge in [-0.2, -0.15) is 0 Å². The van der Waals surface area contributed by atoms with E-state index in [0.717, 1.165) is 4.90 Å². The molecule has 0 bridgehead atoms. The predicted molar refractivity (Wildman–Crippen MR) is 192 cm³/mol. The normalized spacial score (nSPS) is 16.9. The summed E-state index contributed by atoms with van der Waals surface area (Å²) in [6, 6.07) is 6.45. The van der Waals surface area contributed by atoms with Crippen molar-refractivity contribution < 1.29 is 47.8 Å². The van der Waals surface area contributed by atoms with E-state index in [2.05, 4.69) is 33.2 Å². The first-order chi connectivity index (χ1) is 22.6. The van der Waals surface area contributed by atoms with Gasteiger partial charge in [-0.05, 0) is 107 Å². The number of rotatable bonds is 12. The van der Waals surface area contributed by atoms with Crippen molar-refractivity contribution in [3.05, 3.63) is 51.1 Å². The Kier molecular flexibility index (Phi) is 12.6. The number of amides is 3. The molecule has 1 heterocycles. The van der Waals surface area contributed by atoms with Crippen LogP contribution in [0.3, 0.4) is 0 Å². The Morgan fingerprint density at radius 1 is 0.939 bits per heavy atom. The molecule has 49 heavy (non-hydrogen) atoms. The summed E-state index contributed by atoms with van der Waals surface area (Å²) in [6.45, 7) is 14.3. The summed E-state index contributed by atoms with van der Waals surface area (Å²) < 4.78 is 29.5. The number of carboxylic acid groups (broad SMARTS) is 1. The highest BCUT2D eigenvalue weighted by Crippen LogP contribution is 2.37. The van der Waals surface area contributed by atoms with Gasteiger partial charge in [0.15, 0.2) is 0 Å². The molecule has 1 fully saturated rings. The van der Waals surface area contributed by atoms with E-state index in [0.29, 0.717) is 31.7 Å². The third-order valence-corrected chi connectivity index (χ3v) is 9.26. The first-order valence-electron chi connectivity index (χ1n) is 15.8. The van der Waals surface area contributed by atoms with Gasteiger partial charge in [0.2, 0.25) is 11.8 Å². The van der Waals surface area contributed by atoms with Gasteiger partial charge in [0.25, 0.3) is 0 Å². The molecule has 0 unspecified atom stereocenters. The Hall–Kier alpha value is -3.57. The lowest BCUT2D eigenvalue weighted by Crippen LogP contribution is -2.53. The van der Waals surface area contributed by atoms with Gasteiger partial charge in [-0.1, -0.05) is 18.2 Å². The monoisotopic (exact) mass is 795 g/mol. The largest absolute Gasteiger partial charge is 0.498 e. The Labute approximate surface area is 302 Å². The molecule has 0 radical (unpaired) electrons. The smallest absolute Gasteiger partial charge is 0.497 e. The van der Waals surface area contributed by atoms with Crippen molar-refractivity contribution in [1.82, 2.24) is 15.5 Å². The van der Waals surface area contributed by atoms with Crippen molar-refractivity contribution in [2.45, 2.75) is 96.7 Å². The predicted octanol–water partition coefficient (Wildman–Crippen LogP) is 3.83. The van der Waals surface area contributed by atoms with Crippen LogP contribution in [0.15, 0.2) is 36.4 Å². The SMILES string of the molecule is COc1ccc([C@@H](C(=O)N[C@@H](C)C(=O)N[C@@H](Cc2ccc(OC)c(B3OC(C)(C)C(C)(C)O3)c2)C(=O)O)N(C)C(=O)OC(C)(C)C)cc1I. The minimum Gasteiger partial charge on any atom is -0.497 e. The van der Waals surface area contributed by atoms with Crippen LogP contribution in [0.1, 0.15) is 72.6 Å². The molecule has 3 amide bonds. The van der Waals surface area contributed by atoms with Gasteiger partial charge in [0.05, 0.1) is 29.0 Å². The van der Waals surface area contributed by atoms with Crippen LogP contribution < -0.4 is 25.6 Å². The molecule has 2 aromatic rings. The van der Waals surface area contributed by atoms with E-state index in [1.54, 1.807) is 57.2 Å². The molecule has 3 N–H and O–H groups in total. The third kappa shape index (κ3) is 9.78. The van der Waals surface area contributed by atoms with Crippen LogP contribution >= 0.6 is 22.6 Å². The minimum absolute atomic E-state index is 0.0769. The summed E-state index contributed by atoms with van der Waals surface area (Å²) in [4.78, 5) is 53.6. The number of carbonyl (C=O) groups is 4. The summed E-state index contributed by atoms with van der Waals surface area (Å²) in [5.41, 5.74) is -0.419. The molecular weight excluding hydrogens is 748 g/mol. The molecule has 1 aliphatic heterocycles. The van der Waals surface area contributed by atoms with Crippen LogP contribution in [-0.2, 0) is 34.9 Å². The fraction of sp³-hybridized carbons (Fsp3) is 0.529. The molecule has 0 saturated carbocycles. The standard InChI is InChI=1S/C34H47BIN3O10/c1-19(37-29(41)27(39(9)31(44)47-32(2,3)4)21-13-15-26(46-11)23(36)18-21)28(40)38-24(30(42)43)17-20-12-14-25(45-10)22(16-20)35-48-33(5,6)34(7,8)49-35/h12-16,18-19,24,27H,17H2,1-11H3,(H,37,41)(H,38,40)(H,42,43)/t19-,24-,27-/m0/s1. The lowest BCUT2D eigenvalue weighted by atomic mass is 9.77. The Morgan fingerprint density at radius 2 is 1.51 bits per heavy atom. The molecule has 1 saturated heterocycles. The van der Waals surface area contributed by atoms with Crippen molar-refractivity contribution in [2.75, 3.05) is 21.3 Å². The highest BCUT2D eigenvalue weighted by molar-refractivity contribution is 14.1. The number of nitrogens with zero attached hydrogens (tertiary/aromatic N) is 1.